The number of nitrogens with zero attached hydrogens (tertiary/aromatic N) is 1. The molecule has 1 aliphatic heterocycles. The molecular weight excluding hydrogens is 378 g/mol. The molecule has 0 aliphatic carbocycles. The molecule has 2 aromatic rings. The minimum atomic E-state index is -0.489. The Morgan fingerprint density at radius 3 is 2.60 bits per heavy atom. The second-order valence-corrected chi connectivity index (χ2v) is 8.43. The summed E-state index contributed by atoms with van der Waals surface area (Å²) < 4.78 is 17.0. The van der Waals surface area contributed by atoms with Gasteiger partial charge in [0.1, 0.15) is 12.2 Å². The predicted octanol–water partition coefficient (Wildman–Crippen LogP) is 5.69. The fraction of sp³-hybridized carbons (Fsp3) is 0.400. The molecule has 0 spiro atoms. The van der Waals surface area contributed by atoms with Gasteiger partial charge in [-0.25, -0.2) is 4.79 Å². The molecule has 0 N–H and O–H groups in total. The number of amides is 1. The van der Waals surface area contributed by atoms with Crippen molar-refractivity contribution in [2.75, 3.05) is 13.7 Å². The Balaban J connectivity index is 1.65. The van der Waals surface area contributed by atoms with Crippen molar-refractivity contribution in [1.29, 1.82) is 0 Å². The van der Waals surface area contributed by atoms with Crippen molar-refractivity contribution in [3.8, 4) is 11.5 Å². The van der Waals surface area contributed by atoms with Crippen LogP contribution in [0.1, 0.15) is 44.7 Å². The van der Waals surface area contributed by atoms with Crippen LogP contribution < -0.4 is 9.47 Å². The summed E-state index contributed by atoms with van der Waals surface area (Å²) in [4.78, 5) is 14.3. The number of likely N-dealkylation sites (tertiary alicyclic amines) is 1. The van der Waals surface area contributed by atoms with Crippen molar-refractivity contribution in [3.63, 3.8) is 0 Å². The molecular formula is C25H31NO4. The summed E-state index contributed by atoms with van der Waals surface area (Å²) in [6, 6.07) is 15.9. The van der Waals surface area contributed by atoms with E-state index in [0.29, 0.717) is 18.1 Å². The minimum Gasteiger partial charge on any atom is -0.493 e. The summed E-state index contributed by atoms with van der Waals surface area (Å²) in [6.45, 7) is 6.87. The van der Waals surface area contributed by atoms with Gasteiger partial charge < -0.3 is 19.1 Å². The number of carbonyl (C=O) groups excluding carboxylic acids is 1. The number of ether oxygens (including phenoxy) is 3. The summed E-state index contributed by atoms with van der Waals surface area (Å²) in [5.41, 5.74) is 1.61. The molecule has 30 heavy (non-hydrogen) atoms. The number of benzene rings is 2. The van der Waals surface area contributed by atoms with Gasteiger partial charge in [0.2, 0.25) is 0 Å². The first-order valence-electron chi connectivity index (χ1n) is 10.4. The average Bonchev–Trinajstić information content (AvgIpc) is 3.19. The maximum absolute atomic E-state index is 12.4. The van der Waals surface area contributed by atoms with Crippen LogP contribution in [0.2, 0.25) is 0 Å². The van der Waals surface area contributed by atoms with Crippen LogP contribution in [0.4, 0.5) is 4.79 Å². The number of rotatable bonds is 6. The molecule has 3 rings (SSSR count). The molecule has 1 amide bonds. The van der Waals surface area contributed by atoms with Crippen LogP contribution in [0, 0.1) is 0 Å². The highest BCUT2D eigenvalue weighted by atomic mass is 16.6. The third kappa shape index (κ3) is 6.02. The summed E-state index contributed by atoms with van der Waals surface area (Å²) >= 11 is 0. The van der Waals surface area contributed by atoms with E-state index in [0.717, 1.165) is 30.5 Å². The Morgan fingerprint density at radius 2 is 1.90 bits per heavy atom. The van der Waals surface area contributed by atoms with E-state index < -0.39 is 5.60 Å². The van der Waals surface area contributed by atoms with Gasteiger partial charge in [-0.05, 0) is 56.9 Å². The van der Waals surface area contributed by atoms with Gasteiger partial charge in [-0.15, -0.1) is 0 Å². The van der Waals surface area contributed by atoms with Gasteiger partial charge in [0.05, 0.1) is 13.2 Å². The van der Waals surface area contributed by atoms with Crippen LogP contribution in [-0.4, -0.2) is 36.3 Å². The van der Waals surface area contributed by atoms with E-state index in [1.807, 2.05) is 75.4 Å². The quantitative estimate of drug-likeness (QED) is 0.615. The van der Waals surface area contributed by atoms with E-state index in [2.05, 4.69) is 6.08 Å². The Labute approximate surface area is 179 Å². The Hall–Kier alpha value is -2.95. The first kappa shape index (κ1) is 21.8. The molecule has 1 fully saturated rings. The molecule has 1 unspecified atom stereocenters. The van der Waals surface area contributed by atoms with Crippen LogP contribution in [0.5, 0.6) is 11.5 Å². The van der Waals surface area contributed by atoms with Crippen molar-refractivity contribution in [2.45, 2.75) is 51.9 Å². The van der Waals surface area contributed by atoms with Crippen molar-refractivity contribution in [1.82, 2.24) is 4.90 Å². The summed E-state index contributed by atoms with van der Waals surface area (Å²) in [5.74, 6) is 1.39. The summed E-state index contributed by atoms with van der Waals surface area (Å²) in [5, 5.41) is 0. The Bertz CT molecular complexity index is 870. The van der Waals surface area contributed by atoms with Crippen LogP contribution in [0.25, 0.3) is 6.08 Å². The molecule has 0 saturated carbocycles. The lowest BCUT2D eigenvalue weighted by Crippen LogP contribution is -2.39. The van der Waals surface area contributed by atoms with E-state index in [1.54, 1.807) is 12.0 Å². The zero-order valence-electron chi connectivity index (χ0n) is 18.3. The second-order valence-electron chi connectivity index (χ2n) is 8.43. The van der Waals surface area contributed by atoms with Crippen LogP contribution in [0.3, 0.4) is 0 Å². The lowest BCUT2D eigenvalue weighted by atomic mass is 10.1. The molecule has 1 aliphatic rings. The van der Waals surface area contributed by atoms with Crippen LogP contribution >= 0.6 is 0 Å². The van der Waals surface area contributed by atoms with Gasteiger partial charge in [-0.2, -0.15) is 0 Å². The number of hydrogen-bond donors (Lipinski definition) is 0. The zero-order chi connectivity index (χ0) is 21.6. The third-order valence-corrected chi connectivity index (χ3v) is 4.86. The molecule has 0 bridgehead atoms. The van der Waals surface area contributed by atoms with E-state index in [9.17, 15) is 4.79 Å². The van der Waals surface area contributed by atoms with Crippen molar-refractivity contribution in [3.05, 3.63) is 65.7 Å². The number of hydrogen-bond acceptors (Lipinski definition) is 4. The molecule has 5 heteroatoms. The normalized spacial score (nSPS) is 16.7. The van der Waals surface area contributed by atoms with Crippen LogP contribution in [0.15, 0.2) is 54.6 Å². The molecule has 0 radical (unpaired) electrons. The van der Waals surface area contributed by atoms with Gasteiger partial charge >= 0.3 is 6.09 Å². The number of carbonyl (C=O) groups is 1. The van der Waals surface area contributed by atoms with Gasteiger partial charge in [0, 0.05) is 6.54 Å². The monoisotopic (exact) mass is 409 g/mol. The lowest BCUT2D eigenvalue weighted by molar-refractivity contribution is 0.0256. The van der Waals surface area contributed by atoms with Gasteiger partial charge in [-0.1, -0.05) is 48.6 Å². The maximum Gasteiger partial charge on any atom is 0.410 e. The standard InChI is InChI=1S/C25H31NO4/c1-25(2,3)30-24(27)26-16-8-11-21(26)14-12-19-13-15-22(23(17-19)28-4)29-18-20-9-6-5-7-10-20/h5-7,9-10,12-15,17,21H,8,11,16,18H2,1-4H3/b14-12+. The van der Waals surface area contributed by atoms with Crippen LogP contribution in [-0.2, 0) is 11.3 Å². The zero-order valence-corrected chi connectivity index (χ0v) is 18.3. The number of methoxy groups -OCH3 is 1. The van der Waals surface area contributed by atoms with Crippen molar-refractivity contribution >= 4 is 12.2 Å². The molecule has 1 atom stereocenters. The van der Waals surface area contributed by atoms with E-state index in [4.69, 9.17) is 14.2 Å². The largest absolute Gasteiger partial charge is 0.493 e. The lowest BCUT2D eigenvalue weighted by Gasteiger charge is -2.27. The highest BCUT2D eigenvalue weighted by Crippen LogP contribution is 2.30. The molecule has 5 nitrogen and oxygen atoms in total. The maximum atomic E-state index is 12.4. The first-order valence-corrected chi connectivity index (χ1v) is 10.4. The Morgan fingerprint density at radius 1 is 1.13 bits per heavy atom. The van der Waals surface area contributed by atoms with Gasteiger partial charge in [0.25, 0.3) is 0 Å². The molecule has 1 saturated heterocycles. The van der Waals surface area contributed by atoms with E-state index >= 15 is 0 Å². The topological polar surface area (TPSA) is 48.0 Å². The molecule has 2 aromatic carbocycles. The van der Waals surface area contributed by atoms with Gasteiger partial charge in [0.15, 0.2) is 11.5 Å². The fourth-order valence-electron chi connectivity index (χ4n) is 3.40. The van der Waals surface area contributed by atoms with E-state index in [1.165, 1.54) is 0 Å². The fourth-order valence-corrected chi connectivity index (χ4v) is 3.40. The third-order valence-electron chi connectivity index (χ3n) is 4.86. The summed E-state index contributed by atoms with van der Waals surface area (Å²) in [7, 11) is 1.64. The SMILES string of the molecule is COc1cc(/C=C/C2CCCN2C(=O)OC(C)(C)C)ccc1OCc1ccccc1. The summed E-state index contributed by atoms with van der Waals surface area (Å²) in [6.07, 6.45) is 5.75. The second kappa shape index (κ2) is 9.70. The van der Waals surface area contributed by atoms with Crippen molar-refractivity contribution < 1.29 is 19.0 Å². The average molecular weight is 410 g/mol. The Kier molecular flexibility index (Phi) is 7.03. The highest BCUT2D eigenvalue weighted by Gasteiger charge is 2.30. The molecule has 0 aromatic heterocycles. The van der Waals surface area contributed by atoms with Gasteiger partial charge in [-0.3, -0.25) is 0 Å². The first-order chi connectivity index (χ1) is 14.4. The smallest absolute Gasteiger partial charge is 0.410 e. The molecule has 160 valence electrons. The van der Waals surface area contributed by atoms with E-state index in [-0.39, 0.29) is 12.1 Å². The predicted molar refractivity (Wildman–Crippen MR) is 119 cm³/mol. The molecule has 1 heterocycles. The minimum absolute atomic E-state index is 0.0415. The highest BCUT2D eigenvalue weighted by molar-refractivity contribution is 5.69. The van der Waals surface area contributed by atoms with Crippen molar-refractivity contribution in [2.24, 2.45) is 0 Å².